The van der Waals surface area contributed by atoms with Gasteiger partial charge < -0.3 is 10.4 Å². The molecule has 0 aromatic rings. The van der Waals surface area contributed by atoms with Gasteiger partial charge in [0.25, 0.3) is 0 Å². The van der Waals surface area contributed by atoms with Gasteiger partial charge in [-0.05, 0) is 13.3 Å². The van der Waals surface area contributed by atoms with Gasteiger partial charge >= 0.3 is 0 Å². The summed E-state index contributed by atoms with van der Waals surface area (Å²) in [5.74, 6) is 2.28. The van der Waals surface area contributed by atoms with E-state index in [4.69, 9.17) is 6.42 Å². The molecule has 2 N–H and O–H groups in total. The molecule has 1 heterocycles. The van der Waals surface area contributed by atoms with Crippen LogP contribution in [-0.4, -0.2) is 47.7 Å². The molecule has 0 radical (unpaired) electrons. The first kappa shape index (κ1) is 11.0. The Balaban J connectivity index is 2.37. The van der Waals surface area contributed by atoms with Crippen molar-refractivity contribution in [3.63, 3.8) is 0 Å². The highest BCUT2D eigenvalue weighted by atomic mass is 16.3. The van der Waals surface area contributed by atoms with Crippen LogP contribution < -0.4 is 5.32 Å². The zero-order chi connectivity index (χ0) is 10.6. The molecular formula is C10H16N2O2. The summed E-state index contributed by atoms with van der Waals surface area (Å²) in [5.41, 5.74) is 0. The summed E-state index contributed by atoms with van der Waals surface area (Å²) in [5, 5.41) is 11.9. The molecule has 4 heteroatoms. The number of terminal acetylenes is 1. The minimum atomic E-state index is -0.294. The molecule has 1 rings (SSSR count). The van der Waals surface area contributed by atoms with Crippen LogP contribution in [0.5, 0.6) is 0 Å². The van der Waals surface area contributed by atoms with Crippen LogP contribution in [0.4, 0.5) is 0 Å². The first-order valence-corrected chi connectivity index (χ1v) is 4.78. The number of amides is 1. The molecule has 0 saturated carbocycles. The van der Waals surface area contributed by atoms with Crippen LogP contribution in [0.25, 0.3) is 0 Å². The maximum atomic E-state index is 11.5. The molecule has 0 aliphatic carbocycles. The van der Waals surface area contributed by atoms with Crippen molar-refractivity contribution in [1.82, 2.24) is 10.2 Å². The number of rotatable bonds is 3. The fourth-order valence-corrected chi connectivity index (χ4v) is 1.57. The van der Waals surface area contributed by atoms with Gasteiger partial charge in [0, 0.05) is 13.1 Å². The average molecular weight is 196 g/mol. The number of nitrogens with one attached hydrogen (secondary N) is 1. The van der Waals surface area contributed by atoms with Crippen molar-refractivity contribution in [3.05, 3.63) is 0 Å². The Morgan fingerprint density at radius 1 is 1.86 bits per heavy atom. The quantitative estimate of drug-likeness (QED) is 0.581. The molecule has 4 nitrogen and oxygen atoms in total. The number of β-amino-alcohol motifs (C(OH)–C–C–N with tert-alkyl or cyclic N) is 1. The molecule has 2 atom stereocenters. The van der Waals surface area contributed by atoms with Gasteiger partial charge in [-0.3, -0.25) is 9.69 Å². The van der Waals surface area contributed by atoms with Gasteiger partial charge in [-0.15, -0.1) is 6.42 Å². The molecule has 1 unspecified atom stereocenters. The molecule has 14 heavy (non-hydrogen) atoms. The Morgan fingerprint density at radius 3 is 3.07 bits per heavy atom. The number of hydrogen-bond acceptors (Lipinski definition) is 3. The summed E-state index contributed by atoms with van der Waals surface area (Å²) in [4.78, 5) is 13.4. The van der Waals surface area contributed by atoms with Crippen LogP contribution in [0.1, 0.15) is 13.3 Å². The van der Waals surface area contributed by atoms with Crippen LogP contribution >= 0.6 is 0 Å². The Hall–Kier alpha value is -1.05. The van der Waals surface area contributed by atoms with Crippen molar-refractivity contribution in [2.45, 2.75) is 25.5 Å². The topological polar surface area (TPSA) is 52.6 Å². The van der Waals surface area contributed by atoms with E-state index >= 15 is 0 Å². The van der Waals surface area contributed by atoms with Crippen LogP contribution in [0.15, 0.2) is 0 Å². The molecule has 0 aromatic carbocycles. The highest BCUT2D eigenvalue weighted by Gasteiger charge is 2.27. The Bertz CT molecular complexity index is 247. The SMILES string of the molecule is C#CCNC(=O)C(C)N1CC[C@H](O)C1. The molecule has 1 aliphatic heterocycles. The van der Waals surface area contributed by atoms with Gasteiger partial charge in [-0.2, -0.15) is 0 Å². The van der Waals surface area contributed by atoms with Gasteiger partial charge in [-0.25, -0.2) is 0 Å². The molecule has 1 aliphatic rings. The van der Waals surface area contributed by atoms with E-state index in [1.165, 1.54) is 0 Å². The van der Waals surface area contributed by atoms with E-state index in [2.05, 4.69) is 11.2 Å². The zero-order valence-electron chi connectivity index (χ0n) is 8.36. The zero-order valence-corrected chi connectivity index (χ0v) is 8.36. The lowest BCUT2D eigenvalue weighted by atomic mass is 10.3. The minimum Gasteiger partial charge on any atom is -0.392 e. The van der Waals surface area contributed by atoms with Crippen molar-refractivity contribution in [3.8, 4) is 12.3 Å². The van der Waals surface area contributed by atoms with Gasteiger partial charge in [0.15, 0.2) is 0 Å². The maximum absolute atomic E-state index is 11.5. The van der Waals surface area contributed by atoms with Crippen molar-refractivity contribution in [2.75, 3.05) is 19.6 Å². The van der Waals surface area contributed by atoms with Crippen LogP contribution in [0.3, 0.4) is 0 Å². The summed E-state index contributed by atoms with van der Waals surface area (Å²) in [6.07, 6.45) is 5.48. The second kappa shape index (κ2) is 4.99. The highest BCUT2D eigenvalue weighted by Crippen LogP contribution is 2.12. The third-order valence-electron chi connectivity index (χ3n) is 2.49. The molecular weight excluding hydrogens is 180 g/mol. The first-order chi connectivity index (χ1) is 6.65. The highest BCUT2D eigenvalue weighted by molar-refractivity contribution is 5.81. The molecule has 78 valence electrons. The van der Waals surface area contributed by atoms with Crippen LogP contribution in [0, 0.1) is 12.3 Å². The first-order valence-electron chi connectivity index (χ1n) is 4.78. The van der Waals surface area contributed by atoms with Crippen molar-refractivity contribution in [1.29, 1.82) is 0 Å². The number of aliphatic hydroxyl groups excluding tert-OH is 1. The number of hydrogen-bond donors (Lipinski definition) is 2. The summed E-state index contributed by atoms with van der Waals surface area (Å²) in [6.45, 7) is 3.43. The van der Waals surface area contributed by atoms with Crippen molar-refractivity contribution < 1.29 is 9.90 Å². The maximum Gasteiger partial charge on any atom is 0.237 e. The van der Waals surface area contributed by atoms with Crippen LogP contribution in [0.2, 0.25) is 0 Å². The van der Waals surface area contributed by atoms with E-state index in [1.54, 1.807) is 0 Å². The predicted octanol–water partition coefficient (Wildman–Crippen LogP) is -0.809. The Labute approximate surface area is 84.3 Å². The second-order valence-corrected chi connectivity index (χ2v) is 3.54. The third-order valence-corrected chi connectivity index (χ3v) is 2.49. The lowest BCUT2D eigenvalue weighted by Gasteiger charge is -2.22. The number of carbonyl (C=O) groups is 1. The summed E-state index contributed by atoms with van der Waals surface area (Å²) in [7, 11) is 0. The number of nitrogens with zero attached hydrogens (tertiary/aromatic N) is 1. The van der Waals surface area contributed by atoms with Crippen molar-refractivity contribution >= 4 is 5.91 Å². The van der Waals surface area contributed by atoms with Gasteiger partial charge in [0.2, 0.25) is 5.91 Å². The molecule has 0 aromatic heterocycles. The molecule has 1 amide bonds. The fourth-order valence-electron chi connectivity index (χ4n) is 1.57. The van der Waals surface area contributed by atoms with E-state index < -0.39 is 0 Å². The van der Waals surface area contributed by atoms with E-state index in [0.29, 0.717) is 6.54 Å². The van der Waals surface area contributed by atoms with E-state index in [9.17, 15) is 9.90 Å². The number of likely N-dealkylation sites (tertiary alicyclic amines) is 1. The van der Waals surface area contributed by atoms with E-state index in [-0.39, 0.29) is 24.6 Å². The second-order valence-electron chi connectivity index (χ2n) is 3.54. The van der Waals surface area contributed by atoms with Crippen molar-refractivity contribution in [2.24, 2.45) is 0 Å². The summed E-state index contributed by atoms with van der Waals surface area (Å²) >= 11 is 0. The lowest BCUT2D eigenvalue weighted by molar-refractivity contribution is -0.125. The summed E-state index contributed by atoms with van der Waals surface area (Å²) in [6, 6.07) is -0.208. The lowest BCUT2D eigenvalue weighted by Crippen LogP contribution is -2.44. The largest absolute Gasteiger partial charge is 0.392 e. The van der Waals surface area contributed by atoms with Crippen LogP contribution in [-0.2, 0) is 4.79 Å². The van der Waals surface area contributed by atoms with Gasteiger partial charge in [0.05, 0.1) is 18.7 Å². The summed E-state index contributed by atoms with van der Waals surface area (Å²) < 4.78 is 0. The monoisotopic (exact) mass is 196 g/mol. The molecule has 0 spiro atoms. The number of aliphatic hydroxyl groups is 1. The molecule has 1 fully saturated rings. The molecule has 1 saturated heterocycles. The minimum absolute atomic E-state index is 0.0722. The number of carbonyl (C=O) groups excluding carboxylic acids is 1. The third kappa shape index (κ3) is 2.72. The van der Waals surface area contributed by atoms with E-state index in [0.717, 1.165) is 13.0 Å². The predicted molar refractivity (Wildman–Crippen MR) is 53.5 cm³/mol. The molecule has 0 bridgehead atoms. The fraction of sp³-hybridized carbons (Fsp3) is 0.700. The van der Waals surface area contributed by atoms with Gasteiger partial charge in [0.1, 0.15) is 0 Å². The Kier molecular flexibility index (Phi) is 3.93. The normalized spacial score (nSPS) is 24.2. The average Bonchev–Trinajstić information content (AvgIpc) is 2.60. The Morgan fingerprint density at radius 2 is 2.57 bits per heavy atom. The van der Waals surface area contributed by atoms with Gasteiger partial charge in [-0.1, -0.05) is 5.92 Å². The smallest absolute Gasteiger partial charge is 0.237 e. The standard InChI is InChI=1S/C10H16N2O2/c1-3-5-11-10(14)8(2)12-6-4-9(13)7-12/h1,8-9,13H,4-7H2,2H3,(H,11,14)/t8?,9-/m0/s1. The van der Waals surface area contributed by atoms with E-state index in [1.807, 2.05) is 11.8 Å².